The number of nitrogens with one attached hydrogen (secondary N) is 5. The highest BCUT2D eigenvalue weighted by Crippen LogP contribution is 2.19. The normalized spacial score (nSPS) is 13.6. The first-order valence-corrected chi connectivity index (χ1v) is 18.5. The second-order valence-corrected chi connectivity index (χ2v) is 15.7. The lowest BCUT2D eigenvalue weighted by Crippen LogP contribution is -2.58. The third-order valence-corrected chi connectivity index (χ3v) is 7.87. The molecular weight excluding hydrogens is 706 g/mol. The van der Waals surface area contributed by atoms with Gasteiger partial charge in [-0.05, 0) is 89.8 Å². The molecular formula is C41H59N5O9. The molecule has 5 amide bonds. The van der Waals surface area contributed by atoms with Gasteiger partial charge in [-0.1, -0.05) is 81.1 Å². The predicted molar refractivity (Wildman–Crippen MR) is 210 cm³/mol. The fourth-order valence-corrected chi connectivity index (χ4v) is 5.35. The fraction of sp³-hybridized carbons (Fsp3) is 0.512. The number of carboxylic acid groups (broad SMARTS) is 1. The minimum atomic E-state index is -1.40. The van der Waals surface area contributed by atoms with Gasteiger partial charge in [-0.25, -0.2) is 14.4 Å². The summed E-state index contributed by atoms with van der Waals surface area (Å²) in [7, 11) is 0. The van der Waals surface area contributed by atoms with E-state index < -0.39 is 71.2 Å². The molecule has 2 rings (SSSR count). The Hall–Kier alpha value is -5.40. The first kappa shape index (κ1) is 45.8. The Morgan fingerprint density at radius 2 is 1.20 bits per heavy atom. The third kappa shape index (κ3) is 18.0. The molecule has 0 saturated heterocycles. The van der Waals surface area contributed by atoms with E-state index >= 15 is 0 Å². The molecule has 0 unspecified atom stereocenters. The molecule has 302 valence electrons. The molecule has 0 radical (unpaired) electrons. The summed E-state index contributed by atoms with van der Waals surface area (Å²) in [5.74, 6) is -3.54. The van der Waals surface area contributed by atoms with Crippen molar-refractivity contribution in [2.24, 2.45) is 5.92 Å². The highest BCUT2D eigenvalue weighted by atomic mass is 16.6. The van der Waals surface area contributed by atoms with Crippen LogP contribution < -0.4 is 26.6 Å². The second-order valence-electron chi connectivity index (χ2n) is 15.7. The first-order chi connectivity index (χ1) is 25.6. The highest BCUT2D eigenvalue weighted by Gasteiger charge is 2.34. The van der Waals surface area contributed by atoms with Crippen molar-refractivity contribution in [2.75, 3.05) is 6.54 Å². The SMILES string of the molecule is C=C(c1ccccc1)[C@@H](NC(=O)[C@@H](Cc1ccccc1)NC(=O)OC(C)(C)C)C(=O)N[C@H](CC(C)C)C(=O)N[C@H](CCCCNC(=O)OC(C)(C)C)C(=O)O. The van der Waals surface area contributed by atoms with Crippen LogP contribution in [0.5, 0.6) is 0 Å². The zero-order chi connectivity index (χ0) is 41.3. The number of hydrogen-bond donors (Lipinski definition) is 6. The summed E-state index contributed by atoms with van der Waals surface area (Å²) in [6.45, 7) is 18.4. The van der Waals surface area contributed by atoms with Crippen molar-refractivity contribution in [3.8, 4) is 0 Å². The minimum absolute atomic E-state index is 0.0658. The van der Waals surface area contributed by atoms with Crippen LogP contribution in [0.15, 0.2) is 67.2 Å². The second kappa shape index (κ2) is 21.5. The van der Waals surface area contributed by atoms with E-state index in [4.69, 9.17) is 9.47 Å². The third-order valence-electron chi connectivity index (χ3n) is 7.87. The number of carbonyl (C=O) groups excluding carboxylic acids is 5. The summed E-state index contributed by atoms with van der Waals surface area (Å²) < 4.78 is 10.6. The molecule has 0 saturated carbocycles. The molecule has 2 aromatic carbocycles. The lowest BCUT2D eigenvalue weighted by Gasteiger charge is -2.28. The number of unbranched alkanes of at least 4 members (excludes halogenated alkanes) is 1. The molecule has 0 aliphatic carbocycles. The van der Waals surface area contributed by atoms with Gasteiger partial charge in [0.2, 0.25) is 17.7 Å². The standard InChI is InChI=1S/C41H59N5O9/c1-26(2)24-31(34(47)43-30(37(50)51)22-16-17-23-42-38(52)54-40(4,5)6)44-36(49)33(27(3)29-20-14-11-15-21-29)46-35(48)32(25-28-18-12-10-13-19-28)45-39(53)55-41(7,8)9/h10-15,18-21,26,30-33H,3,16-17,22-25H2,1-2,4-9H3,(H,42,52)(H,43,47)(H,44,49)(H,45,53)(H,46,48)(H,50,51)/t30-,31-,32-,33-/m1/s1. The summed E-state index contributed by atoms with van der Waals surface area (Å²) in [4.78, 5) is 78.7. The number of rotatable bonds is 19. The molecule has 0 spiro atoms. The van der Waals surface area contributed by atoms with Gasteiger partial charge in [0.25, 0.3) is 0 Å². The molecule has 4 atom stereocenters. The van der Waals surface area contributed by atoms with Crippen LogP contribution in [-0.2, 0) is 35.1 Å². The van der Waals surface area contributed by atoms with E-state index in [1.165, 1.54) is 0 Å². The maximum atomic E-state index is 14.1. The van der Waals surface area contributed by atoms with E-state index in [1.54, 1.807) is 96.1 Å². The average molecular weight is 766 g/mol. The van der Waals surface area contributed by atoms with Crippen molar-refractivity contribution in [1.29, 1.82) is 0 Å². The van der Waals surface area contributed by atoms with Crippen LogP contribution in [0.2, 0.25) is 0 Å². The summed E-state index contributed by atoms with van der Waals surface area (Å²) in [5.41, 5.74) is -0.00191. The number of aliphatic carboxylic acids is 1. The highest BCUT2D eigenvalue weighted by molar-refractivity contribution is 6.01. The first-order valence-electron chi connectivity index (χ1n) is 18.5. The lowest BCUT2D eigenvalue weighted by atomic mass is 9.97. The Bertz CT molecular complexity index is 1600. The maximum absolute atomic E-state index is 14.1. The molecule has 6 N–H and O–H groups in total. The van der Waals surface area contributed by atoms with Crippen molar-refractivity contribution in [3.05, 3.63) is 78.4 Å². The van der Waals surface area contributed by atoms with Crippen LogP contribution in [0.4, 0.5) is 9.59 Å². The van der Waals surface area contributed by atoms with Gasteiger partial charge in [0.05, 0.1) is 0 Å². The smallest absolute Gasteiger partial charge is 0.408 e. The van der Waals surface area contributed by atoms with Crippen LogP contribution in [0.1, 0.15) is 92.2 Å². The van der Waals surface area contributed by atoms with E-state index in [0.29, 0.717) is 18.4 Å². The van der Waals surface area contributed by atoms with Gasteiger partial charge in [-0.15, -0.1) is 0 Å². The van der Waals surface area contributed by atoms with E-state index in [2.05, 4.69) is 33.2 Å². The Morgan fingerprint density at radius 1 is 0.673 bits per heavy atom. The van der Waals surface area contributed by atoms with Crippen LogP contribution in [0.3, 0.4) is 0 Å². The zero-order valence-electron chi connectivity index (χ0n) is 33.3. The number of amides is 5. The Kier molecular flexibility index (Phi) is 17.9. The number of ether oxygens (including phenoxy) is 2. The summed E-state index contributed by atoms with van der Waals surface area (Å²) >= 11 is 0. The van der Waals surface area contributed by atoms with E-state index in [1.807, 2.05) is 19.9 Å². The summed E-state index contributed by atoms with van der Waals surface area (Å²) in [5, 5.41) is 23.2. The average Bonchev–Trinajstić information content (AvgIpc) is 3.07. The summed E-state index contributed by atoms with van der Waals surface area (Å²) in [6, 6.07) is 12.7. The largest absolute Gasteiger partial charge is 0.480 e. The van der Waals surface area contributed by atoms with Crippen LogP contribution in [0, 0.1) is 5.92 Å². The topological polar surface area (TPSA) is 201 Å². The molecule has 0 fully saturated rings. The van der Waals surface area contributed by atoms with Gasteiger partial charge in [0.15, 0.2) is 0 Å². The maximum Gasteiger partial charge on any atom is 0.408 e. The monoisotopic (exact) mass is 765 g/mol. The van der Waals surface area contributed by atoms with Crippen molar-refractivity contribution < 1.29 is 43.3 Å². The molecule has 2 aromatic rings. The Labute approximate surface area is 324 Å². The predicted octanol–water partition coefficient (Wildman–Crippen LogP) is 5.12. The van der Waals surface area contributed by atoms with Gasteiger partial charge >= 0.3 is 18.2 Å². The molecule has 55 heavy (non-hydrogen) atoms. The summed E-state index contributed by atoms with van der Waals surface area (Å²) in [6.07, 6.45) is -0.326. The fourth-order valence-electron chi connectivity index (χ4n) is 5.35. The molecule has 0 bridgehead atoms. The van der Waals surface area contributed by atoms with Crippen molar-refractivity contribution >= 4 is 41.5 Å². The van der Waals surface area contributed by atoms with Gasteiger partial charge in [0.1, 0.15) is 35.4 Å². The quantitative estimate of drug-likeness (QED) is 0.105. The molecule has 0 aliphatic heterocycles. The van der Waals surface area contributed by atoms with E-state index in [-0.39, 0.29) is 37.3 Å². The number of alkyl carbamates (subject to hydrolysis) is 2. The number of carbonyl (C=O) groups is 6. The van der Waals surface area contributed by atoms with Gasteiger partial charge in [0, 0.05) is 13.0 Å². The van der Waals surface area contributed by atoms with Gasteiger partial charge in [-0.3, -0.25) is 14.4 Å². The van der Waals surface area contributed by atoms with Gasteiger partial charge < -0.3 is 41.2 Å². The zero-order valence-corrected chi connectivity index (χ0v) is 33.3. The Morgan fingerprint density at radius 3 is 1.75 bits per heavy atom. The van der Waals surface area contributed by atoms with Crippen LogP contribution in [0.25, 0.3) is 5.57 Å². The molecule has 0 heterocycles. The Balaban J connectivity index is 2.29. The number of carboxylic acids is 1. The molecule has 0 aromatic heterocycles. The van der Waals surface area contributed by atoms with E-state index in [9.17, 15) is 33.9 Å². The minimum Gasteiger partial charge on any atom is -0.480 e. The lowest BCUT2D eigenvalue weighted by molar-refractivity contribution is -0.142. The molecule has 14 nitrogen and oxygen atoms in total. The van der Waals surface area contributed by atoms with Crippen LogP contribution >= 0.6 is 0 Å². The van der Waals surface area contributed by atoms with Crippen molar-refractivity contribution in [2.45, 2.75) is 123 Å². The van der Waals surface area contributed by atoms with Crippen LogP contribution in [-0.4, -0.2) is 82.9 Å². The van der Waals surface area contributed by atoms with E-state index in [0.717, 1.165) is 5.56 Å². The van der Waals surface area contributed by atoms with Gasteiger partial charge in [-0.2, -0.15) is 0 Å². The molecule has 14 heteroatoms. The van der Waals surface area contributed by atoms with Crippen molar-refractivity contribution in [3.63, 3.8) is 0 Å². The molecule has 0 aliphatic rings. The number of benzene rings is 2. The van der Waals surface area contributed by atoms with Crippen molar-refractivity contribution in [1.82, 2.24) is 26.6 Å². The number of hydrogen-bond acceptors (Lipinski definition) is 8.